The second kappa shape index (κ2) is 8.37. The van der Waals surface area contributed by atoms with Gasteiger partial charge in [-0.1, -0.05) is 43.1 Å². The number of carbonyl (C=O) groups is 1. The number of nitrogens with zero attached hydrogens (tertiary/aromatic N) is 3. The van der Waals surface area contributed by atoms with Gasteiger partial charge < -0.3 is 10.6 Å². The predicted octanol–water partition coefficient (Wildman–Crippen LogP) is 3.43. The molecular weight excluding hydrogens is 373 g/mol. The number of rotatable bonds is 5. The number of carbonyl (C=O) groups excluding carboxylic acids is 1. The van der Waals surface area contributed by atoms with Crippen molar-refractivity contribution in [3.05, 3.63) is 39.9 Å². The van der Waals surface area contributed by atoms with Crippen molar-refractivity contribution < 1.29 is 4.79 Å². The first-order chi connectivity index (χ1) is 12.5. The Labute approximate surface area is 163 Å². The summed E-state index contributed by atoms with van der Waals surface area (Å²) < 4.78 is 1.58. The molecule has 0 radical (unpaired) electrons. The van der Waals surface area contributed by atoms with Crippen molar-refractivity contribution in [3.8, 4) is 5.69 Å². The zero-order chi connectivity index (χ0) is 18.7. The summed E-state index contributed by atoms with van der Waals surface area (Å²) in [5.74, 6) is 0.994. The van der Waals surface area contributed by atoms with Crippen LogP contribution in [0.4, 0.5) is 0 Å². The van der Waals surface area contributed by atoms with Crippen molar-refractivity contribution in [2.24, 2.45) is 5.92 Å². The molecule has 1 atom stereocenters. The minimum atomic E-state index is -0.278. The van der Waals surface area contributed by atoms with Crippen LogP contribution in [0.3, 0.4) is 0 Å². The van der Waals surface area contributed by atoms with Crippen molar-refractivity contribution in [2.45, 2.75) is 32.6 Å². The van der Waals surface area contributed by atoms with Gasteiger partial charge >= 0.3 is 0 Å². The minimum absolute atomic E-state index is 0.0546. The summed E-state index contributed by atoms with van der Waals surface area (Å²) in [7, 11) is 0. The summed E-state index contributed by atoms with van der Waals surface area (Å²) in [5, 5.41) is 11.6. The number of hydrogen-bond donors (Lipinski definition) is 2. The molecule has 1 amide bonds. The lowest BCUT2D eigenvalue weighted by Gasteiger charge is -2.22. The van der Waals surface area contributed by atoms with E-state index in [0.717, 1.165) is 25.9 Å². The second-order valence-electron chi connectivity index (χ2n) is 6.85. The molecular formula is C18H23Cl2N5O. The molecule has 140 valence electrons. The lowest BCUT2D eigenvalue weighted by Crippen LogP contribution is -2.38. The third kappa shape index (κ3) is 4.19. The number of amides is 1. The van der Waals surface area contributed by atoms with Gasteiger partial charge in [0.15, 0.2) is 0 Å². The van der Waals surface area contributed by atoms with Gasteiger partial charge in [-0.3, -0.25) is 4.79 Å². The van der Waals surface area contributed by atoms with Gasteiger partial charge in [-0.2, -0.15) is 0 Å². The highest BCUT2D eigenvalue weighted by Gasteiger charge is 2.23. The summed E-state index contributed by atoms with van der Waals surface area (Å²) in [6.07, 6.45) is 2.25. The first-order valence-corrected chi connectivity index (χ1v) is 9.63. The summed E-state index contributed by atoms with van der Waals surface area (Å²) >= 11 is 12.6. The second-order valence-corrected chi connectivity index (χ2v) is 7.67. The largest absolute Gasteiger partial charge is 0.349 e. The fraction of sp³-hybridized carbons (Fsp3) is 0.500. The van der Waals surface area contributed by atoms with E-state index in [0.29, 0.717) is 34.0 Å². The molecule has 1 aliphatic rings. The Morgan fingerprint density at radius 2 is 2.12 bits per heavy atom. The van der Waals surface area contributed by atoms with Crippen LogP contribution in [0.25, 0.3) is 5.69 Å². The minimum Gasteiger partial charge on any atom is -0.349 e. The van der Waals surface area contributed by atoms with E-state index in [4.69, 9.17) is 23.2 Å². The first kappa shape index (κ1) is 19.1. The highest BCUT2D eigenvalue weighted by Crippen LogP contribution is 2.30. The SMILES string of the molecule is CC(C)c1nc(C(=O)NCC2CCCNC2)nn1-c1c(Cl)cccc1Cl. The topological polar surface area (TPSA) is 71.8 Å². The van der Waals surface area contributed by atoms with E-state index >= 15 is 0 Å². The maximum absolute atomic E-state index is 12.5. The van der Waals surface area contributed by atoms with E-state index in [1.165, 1.54) is 0 Å². The molecule has 1 aliphatic heterocycles. The molecule has 0 saturated carbocycles. The molecule has 8 heteroatoms. The lowest BCUT2D eigenvalue weighted by molar-refractivity contribution is 0.0934. The monoisotopic (exact) mass is 395 g/mol. The molecule has 3 rings (SSSR count). The van der Waals surface area contributed by atoms with Crippen LogP contribution in [-0.4, -0.2) is 40.3 Å². The zero-order valence-electron chi connectivity index (χ0n) is 14.9. The zero-order valence-corrected chi connectivity index (χ0v) is 16.4. The van der Waals surface area contributed by atoms with Crippen molar-refractivity contribution in [1.29, 1.82) is 0 Å². The van der Waals surface area contributed by atoms with Crippen LogP contribution in [0, 0.1) is 5.92 Å². The molecule has 2 N–H and O–H groups in total. The number of piperidine rings is 1. The number of hydrogen-bond acceptors (Lipinski definition) is 4. The van der Waals surface area contributed by atoms with Gasteiger partial charge in [0.2, 0.25) is 5.82 Å². The summed E-state index contributed by atoms with van der Waals surface area (Å²) in [5.41, 5.74) is 0.544. The number of halogens is 2. The summed E-state index contributed by atoms with van der Waals surface area (Å²) in [6.45, 7) is 6.56. The molecule has 1 unspecified atom stereocenters. The van der Waals surface area contributed by atoms with E-state index in [-0.39, 0.29) is 17.6 Å². The van der Waals surface area contributed by atoms with E-state index in [2.05, 4.69) is 20.7 Å². The normalized spacial score (nSPS) is 17.5. The Morgan fingerprint density at radius 3 is 2.73 bits per heavy atom. The Morgan fingerprint density at radius 1 is 1.38 bits per heavy atom. The molecule has 0 spiro atoms. The van der Waals surface area contributed by atoms with Crippen LogP contribution in [0.2, 0.25) is 10.0 Å². The molecule has 1 saturated heterocycles. The maximum atomic E-state index is 12.5. The van der Waals surface area contributed by atoms with E-state index in [9.17, 15) is 4.79 Å². The molecule has 26 heavy (non-hydrogen) atoms. The average Bonchev–Trinajstić information content (AvgIpc) is 3.06. The van der Waals surface area contributed by atoms with E-state index in [1.807, 2.05) is 13.8 Å². The van der Waals surface area contributed by atoms with Crippen LogP contribution in [0.15, 0.2) is 18.2 Å². The molecule has 0 aliphatic carbocycles. The fourth-order valence-electron chi connectivity index (χ4n) is 3.06. The molecule has 0 bridgehead atoms. The maximum Gasteiger partial charge on any atom is 0.290 e. The van der Waals surface area contributed by atoms with E-state index < -0.39 is 0 Å². The van der Waals surface area contributed by atoms with Crippen molar-refractivity contribution >= 4 is 29.1 Å². The standard InChI is InChI=1S/C18H23Cl2N5O/c1-11(2)17-23-16(18(26)22-10-12-5-4-8-21-9-12)24-25(17)15-13(19)6-3-7-14(15)20/h3,6-7,11-12,21H,4-5,8-10H2,1-2H3,(H,22,26). The van der Waals surface area contributed by atoms with Crippen LogP contribution in [-0.2, 0) is 0 Å². The fourth-order valence-corrected chi connectivity index (χ4v) is 3.62. The number of benzene rings is 1. The van der Waals surface area contributed by atoms with Crippen LogP contribution in [0.1, 0.15) is 49.1 Å². The molecule has 2 aromatic rings. The van der Waals surface area contributed by atoms with Crippen molar-refractivity contribution in [3.63, 3.8) is 0 Å². The summed E-state index contributed by atoms with van der Waals surface area (Å²) in [6, 6.07) is 5.25. The van der Waals surface area contributed by atoms with Crippen LogP contribution >= 0.6 is 23.2 Å². The number of nitrogens with one attached hydrogen (secondary N) is 2. The highest BCUT2D eigenvalue weighted by atomic mass is 35.5. The Hall–Kier alpha value is -1.63. The van der Waals surface area contributed by atoms with Gasteiger partial charge in [0.05, 0.1) is 10.0 Å². The third-order valence-corrected chi connectivity index (χ3v) is 5.06. The molecule has 2 heterocycles. The smallest absolute Gasteiger partial charge is 0.290 e. The number of aromatic nitrogens is 3. The predicted molar refractivity (Wildman–Crippen MR) is 103 cm³/mol. The van der Waals surface area contributed by atoms with Gasteiger partial charge in [-0.25, -0.2) is 9.67 Å². The summed E-state index contributed by atoms with van der Waals surface area (Å²) in [4.78, 5) is 17.0. The molecule has 6 nitrogen and oxygen atoms in total. The number of para-hydroxylation sites is 1. The lowest BCUT2D eigenvalue weighted by atomic mass is 10.00. The van der Waals surface area contributed by atoms with Gasteiger partial charge in [0.1, 0.15) is 11.5 Å². The molecule has 1 fully saturated rings. The molecule has 1 aromatic heterocycles. The highest BCUT2D eigenvalue weighted by molar-refractivity contribution is 6.37. The first-order valence-electron chi connectivity index (χ1n) is 8.87. The van der Waals surface area contributed by atoms with Gasteiger partial charge in [0, 0.05) is 12.5 Å². The van der Waals surface area contributed by atoms with Gasteiger partial charge in [-0.15, -0.1) is 5.10 Å². The van der Waals surface area contributed by atoms with Crippen LogP contribution < -0.4 is 10.6 Å². The Kier molecular flexibility index (Phi) is 6.16. The Balaban J connectivity index is 1.84. The van der Waals surface area contributed by atoms with E-state index in [1.54, 1.807) is 22.9 Å². The Bertz CT molecular complexity index is 764. The quantitative estimate of drug-likeness (QED) is 0.813. The molecule has 1 aromatic carbocycles. The average molecular weight is 396 g/mol. The third-order valence-electron chi connectivity index (χ3n) is 4.45. The van der Waals surface area contributed by atoms with Crippen LogP contribution in [0.5, 0.6) is 0 Å². The van der Waals surface area contributed by atoms with Gasteiger partial charge in [0.25, 0.3) is 5.91 Å². The van der Waals surface area contributed by atoms with Crippen molar-refractivity contribution in [1.82, 2.24) is 25.4 Å². The van der Waals surface area contributed by atoms with Gasteiger partial charge in [-0.05, 0) is 44.0 Å². The van der Waals surface area contributed by atoms with Crippen molar-refractivity contribution in [2.75, 3.05) is 19.6 Å².